The number of ether oxygens (including phenoxy) is 2. The second-order valence-electron chi connectivity index (χ2n) is 2.56. The maximum atomic E-state index is 5.81. The standard InChI is InChI=1S/C8H9ClO2S/c9-6-8(10-3-4-11-8)7-2-1-5-12-7/h1-2,5H,3-4,6H2. The monoisotopic (exact) mass is 204 g/mol. The third-order valence-electron chi connectivity index (χ3n) is 1.83. The van der Waals surface area contributed by atoms with Gasteiger partial charge in [0.15, 0.2) is 0 Å². The van der Waals surface area contributed by atoms with E-state index in [9.17, 15) is 0 Å². The van der Waals surface area contributed by atoms with Gasteiger partial charge >= 0.3 is 0 Å². The molecule has 1 aromatic heterocycles. The van der Waals surface area contributed by atoms with Gasteiger partial charge in [0, 0.05) is 0 Å². The van der Waals surface area contributed by atoms with Crippen molar-refractivity contribution in [2.45, 2.75) is 5.79 Å². The van der Waals surface area contributed by atoms with Gasteiger partial charge in [-0.2, -0.15) is 0 Å². The minimum absolute atomic E-state index is 0.355. The van der Waals surface area contributed by atoms with Gasteiger partial charge in [-0.3, -0.25) is 0 Å². The van der Waals surface area contributed by atoms with Gasteiger partial charge < -0.3 is 9.47 Å². The SMILES string of the molecule is ClCC1(c2cccs2)OCCO1. The van der Waals surface area contributed by atoms with Crippen LogP contribution in [0.4, 0.5) is 0 Å². The lowest BCUT2D eigenvalue weighted by atomic mass is 10.2. The summed E-state index contributed by atoms with van der Waals surface area (Å²) in [6.07, 6.45) is 0. The summed E-state index contributed by atoms with van der Waals surface area (Å²) in [6, 6.07) is 3.96. The first-order valence-electron chi connectivity index (χ1n) is 3.75. The van der Waals surface area contributed by atoms with E-state index in [-0.39, 0.29) is 0 Å². The molecule has 1 fully saturated rings. The van der Waals surface area contributed by atoms with E-state index in [1.54, 1.807) is 11.3 Å². The highest BCUT2D eigenvalue weighted by Gasteiger charge is 2.38. The third-order valence-corrected chi connectivity index (χ3v) is 3.17. The molecule has 1 saturated heterocycles. The van der Waals surface area contributed by atoms with Crippen LogP contribution in [0.2, 0.25) is 0 Å². The zero-order valence-electron chi connectivity index (χ0n) is 6.46. The van der Waals surface area contributed by atoms with E-state index in [0.29, 0.717) is 19.1 Å². The first kappa shape index (κ1) is 8.51. The van der Waals surface area contributed by atoms with Gasteiger partial charge in [0.2, 0.25) is 5.79 Å². The van der Waals surface area contributed by atoms with Crippen LogP contribution in [0.15, 0.2) is 17.5 Å². The number of hydrogen-bond donors (Lipinski definition) is 0. The Kier molecular flexibility index (Phi) is 2.37. The van der Waals surface area contributed by atoms with Crippen molar-refractivity contribution in [2.24, 2.45) is 0 Å². The molecule has 0 aliphatic carbocycles. The maximum absolute atomic E-state index is 5.81. The Labute approximate surface area is 80.1 Å². The maximum Gasteiger partial charge on any atom is 0.218 e. The van der Waals surface area contributed by atoms with Crippen molar-refractivity contribution >= 4 is 22.9 Å². The first-order chi connectivity index (χ1) is 5.87. The first-order valence-corrected chi connectivity index (χ1v) is 5.17. The lowest BCUT2D eigenvalue weighted by Gasteiger charge is -2.22. The third kappa shape index (κ3) is 1.27. The lowest BCUT2D eigenvalue weighted by molar-refractivity contribution is -0.143. The van der Waals surface area contributed by atoms with Crippen molar-refractivity contribution in [1.29, 1.82) is 0 Å². The summed E-state index contributed by atoms with van der Waals surface area (Å²) in [6.45, 7) is 1.26. The number of rotatable bonds is 2. The fourth-order valence-corrected chi connectivity index (χ4v) is 2.44. The zero-order chi connectivity index (χ0) is 8.44. The van der Waals surface area contributed by atoms with Crippen molar-refractivity contribution in [1.82, 2.24) is 0 Å². The van der Waals surface area contributed by atoms with Crippen LogP contribution in [0, 0.1) is 0 Å². The van der Waals surface area contributed by atoms with Crippen LogP contribution in [0.25, 0.3) is 0 Å². The normalized spacial score (nSPS) is 21.4. The van der Waals surface area contributed by atoms with Crippen LogP contribution in [0.1, 0.15) is 4.88 Å². The van der Waals surface area contributed by atoms with Gasteiger partial charge in [0.1, 0.15) is 0 Å². The Morgan fingerprint density at radius 3 is 2.75 bits per heavy atom. The van der Waals surface area contributed by atoms with Crippen LogP contribution in [0.5, 0.6) is 0 Å². The van der Waals surface area contributed by atoms with Gasteiger partial charge in [-0.25, -0.2) is 0 Å². The molecule has 2 nitrogen and oxygen atoms in total. The summed E-state index contributed by atoms with van der Waals surface area (Å²) >= 11 is 7.42. The minimum Gasteiger partial charge on any atom is -0.342 e. The zero-order valence-corrected chi connectivity index (χ0v) is 8.03. The Bertz CT molecular complexity index is 242. The fraction of sp³-hybridized carbons (Fsp3) is 0.500. The van der Waals surface area contributed by atoms with E-state index in [0.717, 1.165) is 4.88 Å². The summed E-state index contributed by atoms with van der Waals surface area (Å²) in [5, 5.41) is 1.99. The molecule has 12 heavy (non-hydrogen) atoms. The second-order valence-corrected chi connectivity index (χ2v) is 3.78. The van der Waals surface area contributed by atoms with E-state index in [1.165, 1.54) is 0 Å². The Morgan fingerprint density at radius 1 is 1.50 bits per heavy atom. The molecule has 4 heteroatoms. The molecule has 0 spiro atoms. The quantitative estimate of drug-likeness (QED) is 0.688. The van der Waals surface area contributed by atoms with Crippen molar-refractivity contribution in [3.05, 3.63) is 22.4 Å². The second kappa shape index (κ2) is 3.34. The summed E-state index contributed by atoms with van der Waals surface area (Å²) in [5.74, 6) is -0.302. The van der Waals surface area contributed by atoms with Gasteiger partial charge in [-0.1, -0.05) is 6.07 Å². The fourth-order valence-electron chi connectivity index (χ4n) is 1.24. The number of thiophene rings is 1. The topological polar surface area (TPSA) is 18.5 Å². The molecule has 66 valence electrons. The molecule has 1 aliphatic heterocycles. The van der Waals surface area contributed by atoms with E-state index >= 15 is 0 Å². The molecule has 0 unspecified atom stereocenters. The molecule has 2 rings (SSSR count). The van der Waals surface area contributed by atoms with Gasteiger partial charge in [-0.15, -0.1) is 22.9 Å². The predicted octanol–water partition coefficient (Wildman–Crippen LogP) is 2.19. The molecular formula is C8H9ClO2S. The van der Waals surface area contributed by atoms with Crippen molar-refractivity contribution in [3.8, 4) is 0 Å². The predicted molar refractivity (Wildman–Crippen MR) is 48.6 cm³/mol. The van der Waals surface area contributed by atoms with Crippen LogP contribution in [0.3, 0.4) is 0 Å². The number of halogens is 1. The van der Waals surface area contributed by atoms with Crippen LogP contribution in [-0.2, 0) is 15.3 Å². The molecule has 1 aliphatic rings. The average molecular weight is 205 g/mol. The molecule has 0 radical (unpaired) electrons. The lowest BCUT2D eigenvalue weighted by Crippen LogP contribution is -2.27. The molecule has 1 aromatic rings. The van der Waals surface area contributed by atoms with E-state index in [4.69, 9.17) is 21.1 Å². The van der Waals surface area contributed by atoms with Crippen molar-refractivity contribution in [3.63, 3.8) is 0 Å². The molecule has 0 aromatic carbocycles. The largest absolute Gasteiger partial charge is 0.342 e. The molecule has 0 N–H and O–H groups in total. The highest BCUT2D eigenvalue weighted by Crippen LogP contribution is 2.35. The summed E-state index contributed by atoms with van der Waals surface area (Å²) < 4.78 is 11.0. The Balaban J connectivity index is 2.28. The molecule has 0 saturated carbocycles. The Morgan fingerprint density at radius 2 is 2.25 bits per heavy atom. The Hall–Kier alpha value is -0.0900. The van der Waals surface area contributed by atoms with E-state index < -0.39 is 5.79 Å². The molecule has 2 heterocycles. The van der Waals surface area contributed by atoms with Crippen LogP contribution < -0.4 is 0 Å². The molecular weight excluding hydrogens is 196 g/mol. The molecule has 0 atom stereocenters. The van der Waals surface area contributed by atoms with Crippen molar-refractivity contribution < 1.29 is 9.47 Å². The van der Waals surface area contributed by atoms with Crippen molar-refractivity contribution in [2.75, 3.05) is 19.1 Å². The van der Waals surface area contributed by atoms with Crippen LogP contribution in [-0.4, -0.2) is 19.1 Å². The van der Waals surface area contributed by atoms with E-state index in [1.807, 2.05) is 17.5 Å². The minimum atomic E-state index is -0.657. The smallest absolute Gasteiger partial charge is 0.218 e. The average Bonchev–Trinajstić information content (AvgIpc) is 2.76. The molecule has 0 amide bonds. The summed E-state index contributed by atoms with van der Waals surface area (Å²) in [4.78, 5) is 1.05. The highest BCUT2D eigenvalue weighted by molar-refractivity contribution is 7.10. The van der Waals surface area contributed by atoms with Gasteiger partial charge in [0.25, 0.3) is 0 Å². The summed E-state index contributed by atoms with van der Waals surface area (Å²) in [5.41, 5.74) is 0. The summed E-state index contributed by atoms with van der Waals surface area (Å²) in [7, 11) is 0. The number of alkyl halides is 1. The number of hydrogen-bond acceptors (Lipinski definition) is 3. The molecule has 0 bridgehead atoms. The van der Waals surface area contributed by atoms with Crippen LogP contribution >= 0.6 is 22.9 Å². The highest BCUT2D eigenvalue weighted by atomic mass is 35.5. The van der Waals surface area contributed by atoms with Gasteiger partial charge in [0.05, 0.1) is 24.0 Å². The van der Waals surface area contributed by atoms with E-state index in [2.05, 4.69) is 0 Å². The van der Waals surface area contributed by atoms with Gasteiger partial charge in [-0.05, 0) is 11.4 Å².